The summed E-state index contributed by atoms with van der Waals surface area (Å²) in [6.07, 6.45) is 1.34. The van der Waals surface area contributed by atoms with Crippen molar-refractivity contribution in [3.63, 3.8) is 0 Å². The maximum absolute atomic E-state index is 12.2. The fourth-order valence-electron chi connectivity index (χ4n) is 1.55. The van der Waals surface area contributed by atoms with E-state index in [1.165, 1.54) is 12.1 Å². The Morgan fingerprint density at radius 3 is 2.11 bits per heavy atom. The van der Waals surface area contributed by atoms with Crippen molar-refractivity contribution in [2.45, 2.75) is 37.1 Å². The Bertz CT molecular complexity index is 522. The lowest BCUT2D eigenvalue weighted by Crippen LogP contribution is -2.49. The van der Waals surface area contributed by atoms with Gasteiger partial charge in [-0.1, -0.05) is 43.1 Å². The molecule has 0 heterocycles. The highest BCUT2D eigenvalue weighted by Crippen LogP contribution is 2.28. The summed E-state index contributed by atoms with van der Waals surface area (Å²) in [5.41, 5.74) is 5.50. The predicted molar refractivity (Wildman–Crippen MR) is 79.2 cm³/mol. The van der Waals surface area contributed by atoms with Gasteiger partial charge in [0.1, 0.15) is 4.90 Å². The van der Waals surface area contributed by atoms with Crippen LogP contribution >= 0.6 is 23.2 Å². The summed E-state index contributed by atoms with van der Waals surface area (Å²) < 4.78 is 26.9. The van der Waals surface area contributed by atoms with Gasteiger partial charge in [-0.15, -0.1) is 0 Å². The van der Waals surface area contributed by atoms with E-state index in [0.717, 1.165) is 0 Å². The molecule has 1 rings (SSSR count). The van der Waals surface area contributed by atoms with Gasteiger partial charge in [-0.25, -0.2) is 13.1 Å². The van der Waals surface area contributed by atoms with Crippen LogP contribution in [0, 0.1) is 0 Å². The van der Waals surface area contributed by atoms with E-state index in [1.807, 2.05) is 13.8 Å². The summed E-state index contributed by atoms with van der Waals surface area (Å²) in [7, 11) is -3.77. The summed E-state index contributed by atoms with van der Waals surface area (Å²) >= 11 is 11.8. The van der Waals surface area contributed by atoms with E-state index in [9.17, 15) is 8.42 Å². The number of hydrogen-bond acceptors (Lipinski definition) is 3. The quantitative estimate of drug-likeness (QED) is 0.845. The van der Waals surface area contributed by atoms with Crippen LogP contribution in [0.1, 0.15) is 26.7 Å². The number of sulfonamides is 1. The molecule has 0 radical (unpaired) electrons. The third-order valence-electron chi connectivity index (χ3n) is 3.21. The van der Waals surface area contributed by atoms with Gasteiger partial charge in [-0.2, -0.15) is 0 Å². The van der Waals surface area contributed by atoms with Crippen LogP contribution in [0.25, 0.3) is 0 Å². The number of nitrogens with two attached hydrogens (primary N) is 1. The zero-order valence-corrected chi connectivity index (χ0v) is 13.2. The first-order valence-corrected chi connectivity index (χ1v) is 8.22. The fourth-order valence-corrected chi connectivity index (χ4v) is 3.83. The largest absolute Gasteiger partial charge is 0.324 e. The molecule has 0 aromatic heterocycles. The van der Waals surface area contributed by atoms with Crippen molar-refractivity contribution in [1.29, 1.82) is 0 Å². The van der Waals surface area contributed by atoms with E-state index in [-0.39, 0.29) is 21.5 Å². The van der Waals surface area contributed by atoms with Crippen LogP contribution in [0.15, 0.2) is 23.1 Å². The molecule has 1 aromatic rings. The Morgan fingerprint density at radius 1 is 1.21 bits per heavy atom. The first-order valence-electron chi connectivity index (χ1n) is 5.98. The number of nitrogens with one attached hydrogen (secondary N) is 1. The van der Waals surface area contributed by atoms with Gasteiger partial charge in [0.25, 0.3) is 0 Å². The molecule has 0 amide bonds. The number of hydrogen-bond donors (Lipinski definition) is 2. The zero-order chi connectivity index (χ0) is 14.7. The van der Waals surface area contributed by atoms with Crippen LogP contribution in [0.2, 0.25) is 10.0 Å². The summed E-state index contributed by atoms with van der Waals surface area (Å²) in [6, 6.07) is 4.56. The smallest absolute Gasteiger partial charge is 0.243 e. The highest BCUT2D eigenvalue weighted by molar-refractivity contribution is 7.89. The minimum atomic E-state index is -3.77. The molecule has 108 valence electrons. The molecule has 1 aromatic carbocycles. The Kier molecular flexibility index (Phi) is 5.65. The molecular weight excluding hydrogens is 307 g/mol. The minimum absolute atomic E-state index is 0.0932. The standard InChI is InChI=1S/C12H18Cl2N2O2S/c1-3-12(15,4-2)8-16-19(17,18)11-9(13)6-5-7-10(11)14/h5-7,16H,3-4,8,15H2,1-2H3. The maximum Gasteiger partial charge on any atom is 0.243 e. The van der Waals surface area contributed by atoms with Gasteiger partial charge in [-0.05, 0) is 25.0 Å². The molecule has 7 heteroatoms. The molecule has 3 N–H and O–H groups in total. The molecule has 0 aliphatic rings. The molecule has 0 saturated carbocycles. The second kappa shape index (κ2) is 6.41. The lowest BCUT2D eigenvalue weighted by Gasteiger charge is -2.26. The van der Waals surface area contributed by atoms with Gasteiger partial charge < -0.3 is 5.73 Å². The molecule has 4 nitrogen and oxygen atoms in total. The first kappa shape index (κ1) is 16.7. The van der Waals surface area contributed by atoms with Crippen molar-refractivity contribution < 1.29 is 8.42 Å². The van der Waals surface area contributed by atoms with Crippen LogP contribution in [0.4, 0.5) is 0 Å². The minimum Gasteiger partial charge on any atom is -0.324 e. The van der Waals surface area contributed by atoms with Gasteiger partial charge >= 0.3 is 0 Å². The molecule has 0 aliphatic heterocycles. The maximum atomic E-state index is 12.2. The van der Waals surface area contributed by atoms with Crippen LogP contribution in [-0.2, 0) is 10.0 Å². The van der Waals surface area contributed by atoms with Crippen molar-refractivity contribution in [3.05, 3.63) is 28.2 Å². The Hall–Kier alpha value is -0.330. The van der Waals surface area contributed by atoms with Crippen LogP contribution in [-0.4, -0.2) is 20.5 Å². The Balaban J connectivity index is 3.00. The third-order valence-corrected chi connectivity index (χ3v) is 5.57. The Labute approximate surface area is 124 Å². The predicted octanol–water partition coefficient (Wildman–Crippen LogP) is 2.79. The molecule has 0 fully saturated rings. The summed E-state index contributed by atoms with van der Waals surface area (Å²) in [4.78, 5) is -0.104. The Morgan fingerprint density at radius 2 is 1.68 bits per heavy atom. The topological polar surface area (TPSA) is 72.2 Å². The second-order valence-corrected chi connectivity index (χ2v) is 6.96. The van der Waals surface area contributed by atoms with E-state index >= 15 is 0 Å². The number of rotatable bonds is 6. The molecule has 0 aliphatic carbocycles. The lowest BCUT2D eigenvalue weighted by molar-refractivity contribution is 0.392. The molecule has 0 saturated heterocycles. The average molecular weight is 325 g/mol. The van der Waals surface area contributed by atoms with E-state index in [1.54, 1.807) is 6.07 Å². The normalized spacial score (nSPS) is 12.7. The van der Waals surface area contributed by atoms with Crippen molar-refractivity contribution >= 4 is 33.2 Å². The van der Waals surface area contributed by atoms with Crippen LogP contribution in [0.3, 0.4) is 0 Å². The van der Waals surface area contributed by atoms with E-state index in [4.69, 9.17) is 28.9 Å². The molecule has 0 atom stereocenters. The second-order valence-electron chi connectivity index (χ2n) is 4.44. The van der Waals surface area contributed by atoms with Crippen molar-refractivity contribution in [2.75, 3.05) is 6.54 Å². The van der Waals surface area contributed by atoms with E-state index in [2.05, 4.69) is 4.72 Å². The van der Waals surface area contributed by atoms with Crippen LogP contribution < -0.4 is 10.5 Å². The first-order chi connectivity index (χ1) is 8.75. The summed E-state index contributed by atoms with van der Waals surface area (Å²) in [6.45, 7) is 3.98. The van der Waals surface area contributed by atoms with Gasteiger partial charge in [-0.3, -0.25) is 0 Å². The van der Waals surface area contributed by atoms with Gasteiger partial charge in [0.2, 0.25) is 10.0 Å². The molecule has 0 unspecified atom stereocenters. The van der Waals surface area contributed by atoms with Crippen LogP contribution in [0.5, 0.6) is 0 Å². The van der Waals surface area contributed by atoms with Crippen molar-refractivity contribution in [2.24, 2.45) is 5.73 Å². The molecular formula is C12H18Cl2N2O2S. The van der Waals surface area contributed by atoms with Gasteiger partial charge in [0, 0.05) is 12.1 Å². The van der Waals surface area contributed by atoms with E-state index < -0.39 is 15.6 Å². The highest BCUT2D eigenvalue weighted by Gasteiger charge is 2.26. The molecule has 0 bridgehead atoms. The summed E-state index contributed by atoms with van der Waals surface area (Å²) in [5.74, 6) is 0. The third kappa shape index (κ3) is 4.07. The lowest BCUT2D eigenvalue weighted by atomic mass is 9.95. The van der Waals surface area contributed by atoms with E-state index in [0.29, 0.717) is 12.8 Å². The zero-order valence-electron chi connectivity index (χ0n) is 10.9. The van der Waals surface area contributed by atoms with Gasteiger partial charge in [0.05, 0.1) is 10.0 Å². The summed E-state index contributed by atoms with van der Waals surface area (Å²) in [5, 5.41) is 0.186. The molecule has 19 heavy (non-hydrogen) atoms. The number of halogens is 2. The molecule has 0 spiro atoms. The average Bonchev–Trinajstić information content (AvgIpc) is 2.35. The SMILES string of the molecule is CCC(N)(CC)CNS(=O)(=O)c1c(Cl)cccc1Cl. The van der Waals surface area contributed by atoms with Gasteiger partial charge in [0.15, 0.2) is 0 Å². The van der Waals surface area contributed by atoms with Crippen molar-refractivity contribution in [3.8, 4) is 0 Å². The van der Waals surface area contributed by atoms with Crippen molar-refractivity contribution in [1.82, 2.24) is 4.72 Å². The highest BCUT2D eigenvalue weighted by atomic mass is 35.5. The monoisotopic (exact) mass is 324 g/mol. The fraction of sp³-hybridized carbons (Fsp3) is 0.500. The number of benzene rings is 1.